The molecule has 1 fully saturated rings. The van der Waals surface area contributed by atoms with Crippen LogP contribution in [0.15, 0.2) is 0 Å². The maximum absolute atomic E-state index is 12.3. The third-order valence-electron chi connectivity index (χ3n) is 3.99. The molecule has 0 aromatic carbocycles. The minimum atomic E-state index is -1.09. The molecule has 0 radical (unpaired) electrons. The Labute approximate surface area is 123 Å². The summed E-state index contributed by atoms with van der Waals surface area (Å²) in [5.74, 6) is -1.12. The molecule has 0 bridgehead atoms. The zero-order chi connectivity index (χ0) is 15.8. The third kappa shape index (κ3) is 3.22. The molecule has 21 heavy (non-hydrogen) atoms. The zero-order valence-corrected chi connectivity index (χ0v) is 12.9. The monoisotopic (exact) mass is 294 g/mol. The van der Waals surface area contributed by atoms with Crippen LogP contribution in [0.3, 0.4) is 0 Å². The van der Waals surface area contributed by atoms with E-state index in [1.54, 1.807) is 6.92 Å². The Balaban J connectivity index is 2.25. The van der Waals surface area contributed by atoms with Gasteiger partial charge in [-0.15, -0.1) is 5.10 Å². The molecule has 1 amide bonds. The van der Waals surface area contributed by atoms with Gasteiger partial charge in [0.05, 0.1) is 5.69 Å². The molecule has 1 aromatic rings. The van der Waals surface area contributed by atoms with E-state index in [2.05, 4.69) is 15.6 Å². The Kier molecular flexibility index (Phi) is 4.02. The van der Waals surface area contributed by atoms with E-state index in [1.165, 1.54) is 4.68 Å². The molecule has 0 saturated heterocycles. The van der Waals surface area contributed by atoms with Crippen molar-refractivity contribution in [2.24, 2.45) is 0 Å². The topological polar surface area (TPSA) is 97.1 Å². The number of rotatable bonds is 6. The van der Waals surface area contributed by atoms with E-state index in [-0.39, 0.29) is 23.1 Å². The first-order chi connectivity index (χ1) is 9.76. The lowest BCUT2D eigenvalue weighted by Crippen LogP contribution is -2.45. The fourth-order valence-corrected chi connectivity index (χ4v) is 2.11. The number of hydrogen-bond acceptors (Lipinski definition) is 4. The summed E-state index contributed by atoms with van der Waals surface area (Å²) in [6.07, 6.45) is 2.64. The molecule has 1 heterocycles. The number of nitrogens with zero attached hydrogens (tertiary/aromatic N) is 3. The second-order valence-corrected chi connectivity index (χ2v) is 6.25. The Hall–Kier alpha value is -1.92. The number of carbonyl (C=O) groups is 2. The van der Waals surface area contributed by atoms with Crippen molar-refractivity contribution in [2.45, 2.75) is 64.5 Å². The summed E-state index contributed by atoms with van der Waals surface area (Å²) in [5, 5.41) is 19.8. The van der Waals surface area contributed by atoms with E-state index in [9.17, 15) is 14.7 Å². The van der Waals surface area contributed by atoms with E-state index in [4.69, 9.17) is 0 Å². The number of nitrogens with one attached hydrogen (secondary N) is 1. The van der Waals surface area contributed by atoms with E-state index < -0.39 is 12.0 Å². The average Bonchev–Trinajstić information content (AvgIpc) is 3.15. The number of amides is 1. The Morgan fingerprint density at radius 3 is 2.57 bits per heavy atom. The molecule has 2 rings (SSSR count). The van der Waals surface area contributed by atoms with Crippen LogP contribution in [0.1, 0.15) is 75.1 Å². The smallest absolute Gasteiger partial charge is 0.358 e. The van der Waals surface area contributed by atoms with Crippen LogP contribution in [0.25, 0.3) is 0 Å². The summed E-state index contributed by atoms with van der Waals surface area (Å²) in [6, 6.07) is -0.577. The number of aromatic nitrogens is 3. The van der Waals surface area contributed by atoms with Crippen LogP contribution < -0.4 is 5.32 Å². The van der Waals surface area contributed by atoms with Gasteiger partial charge in [-0.05, 0) is 40.0 Å². The fourth-order valence-electron chi connectivity index (χ4n) is 2.11. The average molecular weight is 294 g/mol. The highest BCUT2D eigenvalue weighted by atomic mass is 16.4. The molecule has 7 heteroatoms. The van der Waals surface area contributed by atoms with Gasteiger partial charge in [0.15, 0.2) is 5.69 Å². The normalized spacial score (nSPS) is 16.6. The van der Waals surface area contributed by atoms with Gasteiger partial charge >= 0.3 is 5.97 Å². The van der Waals surface area contributed by atoms with Crippen LogP contribution in [-0.4, -0.2) is 37.5 Å². The summed E-state index contributed by atoms with van der Waals surface area (Å²) >= 11 is 0. The summed E-state index contributed by atoms with van der Waals surface area (Å²) < 4.78 is 1.46. The quantitative estimate of drug-likeness (QED) is 0.832. The van der Waals surface area contributed by atoms with Gasteiger partial charge in [0.2, 0.25) is 5.91 Å². The van der Waals surface area contributed by atoms with Gasteiger partial charge < -0.3 is 10.4 Å². The van der Waals surface area contributed by atoms with Gasteiger partial charge in [0, 0.05) is 11.5 Å². The van der Waals surface area contributed by atoms with Crippen molar-refractivity contribution in [3.8, 4) is 0 Å². The van der Waals surface area contributed by atoms with Gasteiger partial charge in [0.25, 0.3) is 0 Å². The van der Waals surface area contributed by atoms with Gasteiger partial charge in [0.1, 0.15) is 6.04 Å². The number of carboxylic acid groups (broad SMARTS) is 1. The van der Waals surface area contributed by atoms with Gasteiger partial charge in [-0.2, -0.15) is 0 Å². The second kappa shape index (κ2) is 5.46. The lowest BCUT2D eigenvalue weighted by molar-refractivity contribution is -0.125. The standard InChI is InChI=1S/C14H22N4O3/c1-5-14(3,4)15-12(19)8(2)18-11(9-6-7-9)10(13(20)21)16-17-18/h8-9H,5-7H2,1-4H3,(H,15,19)(H,20,21). The van der Waals surface area contributed by atoms with Crippen LogP contribution in [-0.2, 0) is 4.79 Å². The summed E-state index contributed by atoms with van der Waals surface area (Å²) in [5.41, 5.74) is 0.229. The van der Waals surface area contributed by atoms with E-state index in [0.29, 0.717) is 5.69 Å². The molecule has 0 aliphatic heterocycles. The maximum atomic E-state index is 12.3. The summed E-state index contributed by atoms with van der Waals surface area (Å²) in [7, 11) is 0. The number of aromatic carboxylic acids is 1. The molecular weight excluding hydrogens is 272 g/mol. The molecule has 1 aliphatic carbocycles. The van der Waals surface area contributed by atoms with Crippen LogP contribution in [0.5, 0.6) is 0 Å². The minimum absolute atomic E-state index is 0.0353. The minimum Gasteiger partial charge on any atom is -0.476 e. The first-order valence-electron chi connectivity index (χ1n) is 7.27. The molecule has 7 nitrogen and oxygen atoms in total. The van der Waals surface area contributed by atoms with E-state index in [0.717, 1.165) is 19.3 Å². The van der Waals surface area contributed by atoms with Crippen molar-refractivity contribution in [2.75, 3.05) is 0 Å². The predicted octanol–water partition coefficient (Wildman–Crippen LogP) is 1.72. The highest BCUT2D eigenvalue weighted by Crippen LogP contribution is 2.42. The van der Waals surface area contributed by atoms with Gasteiger partial charge in [-0.1, -0.05) is 12.1 Å². The first-order valence-corrected chi connectivity index (χ1v) is 7.27. The molecule has 0 spiro atoms. The summed E-state index contributed by atoms with van der Waals surface area (Å²) in [4.78, 5) is 23.6. The zero-order valence-electron chi connectivity index (χ0n) is 12.9. The lowest BCUT2D eigenvalue weighted by Gasteiger charge is -2.26. The Bertz CT molecular complexity index is 561. The Morgan fingerprint density at radius 1 is 1.48 bits per heavy atom. The van der Waals surface area contributed by atoms with Gasteiger partial charge in [-0.25, -0.2) is 9.48 Å². The SMILES string of the molecule is CCC(C)(C)NC(=O)C(C)n1nnc(C(=O)O)c1C1CC1. The highest BCUT2D eigenvalue weighted by molar-refractivity contribution is 5.87. The van der Waals surface area contributed by atoms with Crippen LogP contribution in [0, 0.1) is 0 Å². The predicted molar refractivity (Wildman–Crippen MR) is 76.2 cm³/mol. The number of carboxylic acids is 1. The van der Waals surface area contributed by atoms with Crippen molar-refractivity contribution in [1.82, 2.24) is 20.3 Å². The van der Waals surface area contributed by atoms with Crippen LogP contribution in [0.2, 0.25) is 0 Å². The van der Waals surface area contributed by atoms with Crippen molar-refractivity contribution in [3.63, 3.8) is 0 Å². The number of carbonyl (C=O) groups excluding carboxylic acids is 1. The van der Waals surface area contributed by atoms with Crippen LogP contribution >= 0.6 is 0 Å². The molecule has 1 saturated carbocycles. The molecule has 1 unspecified atom stereocenters. The van der Waals surface area contributed by atoms with Crippen molar-refractivity contribution in [3.05, 3.63) is 11.4 Å². The van der Waals surface area contributed by atoms with Crippen molar-refractivity contribution < 1.29 is 14.7 Å². The second-order valence-electron chi connectivity index (χ2n) is 6.25. The molecule has 116 valence electrons. The Morgan fingerprint density at radius 2 is 2.10 bits per heavy atom. The maximum Gasteiger partial charge on any atom is 0.358 e. The highest BCUT2D eigenvalue weighted by Gasteiger charge is 2.36. The summed E-state index contributed by atoms with van der Waals surface area (Å²) in [6.45, 7) is 7.61. The van der Waals surface area contributed by atoms with Gasteiger partial charge in [-0.3, -0.25) is 4.79 Å². The third-order valence-corrected chi connectivity index (χ3v) is 3.99. The molecule has 1 aromatic heterocycles. The fraction of sp³-hybridized carbons (Fsp3) is 0.714. The molecule has 1 atom stereocenters. The van der Waals surface area contributed by atoms with Crippen molar-refractivity contribution >= 4 is 11.9 Å². The molecule has 1 aliphatic rings. The van der Waals surface area contributed by atoms with Crippen molar-refractivity contribution in [1.29, 1.82) is 0 Å². The first kappa shape index (κ1) is 15.5. The lowest BCUT2D eigenvalue weighted by atomic mass is 10.0. The molecule has 2 N–H and O–H groups in total. The molecular formula is C14H22N4O3. The van der Waals surface area contributed by atoms with E-state index in [1.807, 2.05) is 20.8 Å². The van der Waals surface area contributed by atoms with E-state index >= 15 is 0 Å². The number of hydrogen-bond donors (Lipinski definition) is 2. The largest absolute Gasteiger partial charge is 0.476 e. The van der Waals surface area contributed by atoms with Crippen LogP contribution in [0.4, 0.5) is 0 Å².